The van der Waals surface area contributed by atoms with Crippen LogP contribution in [0.1, 0.15) is 50.0 Å². The summed E-state index contributed by atoms with van der Waals surface area (Å²) in [7, 11) is 1.86. The van der Waals surface area contributed by atoms with Gasteiger partial charge < -0.3 is 19.7 Å². The van der Waals surface area contributed by atoms with Gasteiger partial charge in [0.1, 0.15) is 11.3 Å². The van der Waals surface area contributed by atoms with Crippen molar-refractivity contribution >= 4 is 17.0 Å². The number of nitrogens with zero attached hydrogens (tertiary/aromatic N) is 1. The number of benzene rings is 1. The van der Waals surface area contributed by atoms with Gasteiger partial charge in [-0.2, -0.15) is 0 Å². The molecule has 1 aliphatic rings. The van der Waals surface area contributed by atoms with Crippen LogP contribution in [0.2, 0.25) is 0 Å². The highest BCUT2D eigenvalue weighted by Gasteiger charge is 2.27. The van der Waals surface area contributed by atoms with E-state index in [0.29, 0.717) is 5.92 Å². The van der Waals surface area contributed by atoms with Crippen LogP contribution in [0, 0.1) is 12.8 Å². The van der Waals surface area contributed by atoms with E-state index >= 15 is 0 Å². The Bertz CT molecular complexity index is 732. The number of para-hydroxylation sites is 1. The van der Waals surface area contributed by atoms with Crippen molar-refractivity contribution in [2.45, 2.75) is 51.6 Å². The first-order valence-electron chi connectivity index (χ1n) is 9.13. The fourth-order valence-electron chi connectivity index (χ4n) is 3.84. The van der Waals surface area contributed by atoms with Gasteiger partial charge in [0.2, 0.25) is 0 Å². The number of aliphatic hydroxyl groups excluding tert-OH is 1. The van der Waals surface area contributed by atoms with E-state index in [0.717, 1.165) is 48.0 Å². The molecule has 1 fully saturated rings. The molecule has 2 aromatic rings. The van der Waals surface area contributed by atoms with Crippen molar-refractivity contribution < 1.29 is 14.3 Å². The van der Waals surface area contributed by atoms with Gasteiger partial charge in [-0.05, 0) is 51.5 Å². The van der Waals surface area contributed by atoms with Crippen molar-refractivity contribution in [3.63, 3.8) is 0 Å². The Balaban J connectivity index is 1.64. The summed E-state index contributed by atoms with van der Waals surface area (Å²) in [6.45, 7) is 4.24. The first-order chi connectivity index (χ1) is 12.0. The number of aliphatic hydroxyl groups is 1. The Morgan fingerprint density at radius 2 is 2.00 bits per heavy atom. The van der Waals surface area contributed by atoms with Gasteiger partial charge in [0, 0.05) is 30.6 Å². The van der Waals surface area contributed by atoms with Crippen LogP contribution in [0.25, 0.3) is 11.0 Å². The molecule has 0 radical (unpaired) electrons. The van der Waals surface area contributed by atoms with Gasteiger partial charge in [-0.15, -0.1) is 0 Å². The Hall–Kier alpha value is -2.01. The summed E-state index contributed by atoms with van der Waals surface area (Å²) in [5, 5.41) is 13.4. The molecule has 136 valence electrons. The monoisotopic (exact) mass is 344 g/mol. The van der Waals surface area contributed by atoms with Crippen LogP contribution in [0.15, 0.2) is 28.7 Å². The molecule has 3 rings (SSSR count). The molecule has 2 amide bonds. The zero-order chi connectivity index (χ0) is 18.0. The van der Waals surface area contributed by atoms with Gasteiger partial charge in [0.05, 0.1) is 6.04 Å². The lowest BCUT2D eigenvalue weighted by Gasteiger charge is -2.34. The number of aryl methyl sites for hydroxylation is 1. The normalized spacial score (nSPS) is 21.9. The summed E-state index contributed by atoms with van der Waals surface area (Å²) in [4.78, 5) is 14.4. The minimum atomic E-state index is -0.184. The molecule has 25 heavy (non-hydrogen) atoms. The van der Waals surface area contributed by atoms with Gasteiger partial charge >= 0.3 is 6.03 Å². The van der Waals surface area contributed by atoms with Crippen molar-refractivity contribution in [2.75, 3.05) is 13.7 Å². The highest BCUT2D eigenvalue weighted by Crippen LogP contribution is 2.30. The third-order valence-corrected chi connectivity index (χ3v) is 5.56. The molecule has 0 saturated heterocycles. The number of hydrogen-bond acceptors (Lipinski definition) is 3. The maximum Gasteiger partial charge on any atom is 0.317 e. The number of carbonyl (C=O) groups excluding carboxylic acids is 1. The number of amides is 2. The van der Waals surface area contributed by atoms with Crippen molar-refractivity contribution in [3.05, 3.63) is 35.6 Å². The SMILES string of the molecule is Cc1c(C(C)NC(=O)N(C)C2CCC(CO)CC2)oc2ccccc12. The molecule has 0 aliphatic heterocycles. The number of nitrogens with one attached hydrogen (secondary N) is 1. The van der Waals surface area contributed by atoms with E-state index < -0.39 is 0 Å². The molecule has 1 unspecified atom stereocenters. The number of carbonyl (C=O) groups is 1. The Morgan fingerprint density at radius 3 is 2.64 bits per heavy atom. The van der Waals surface area contributed by atoms with Gasteiger partial charge in [0.25, 0.3) is 0 Å². The van der Waals surface area contributed by atoms with E-state index in [2.05, 4.69) is 5.32 Å². The summed E-state index contributed by atoms with van der Waals surface area (Å²) in [5.41, 5.74) is 1.93. The largest absolute Gasteiger partial charge is 0.459 e. The number of rotatable bonds is 4. The van der Waals surface area contributed by atoms with Crippen molar-refractivity contribution in [1.29, 1.82) is 0 Å². The number of fused-ring (bicyclic) bond motifs is 1. The van der Waals surface area contributed by atoms with Crippen molar-refractivity contribution in [2.24, 2.45) is 5.92 Å². The van der Waals surface area contributed by atoms with E-state index in [1.165, 1.54) is 0 Å². The second-order valence-electron chi connectivity index (χ2n) is 7.23. The zero-order valence-electron chi connectivity index (χ0n) is 15.3. The van der Waals surface area contributed by atoms with Gasteiger partial charge in [-0.25, -0.2) is 4.79 Å². The molecule has 1 aromatic carbocycles. The van der Waals surface area contributed by atoms with E-state index in [1.807, 2.05) is 50.1 Å². The fourth-order valence-corrected chi connectivity index (χ4v) is 3.84. The number of furan rings is 1. The number of hydrogen-bond donors (Lipinski definition) is 2. The number of urea groups is 1. The lowest BCUT2D eigenvalue weighted by Crippen LogP contribution is -2.45. The van der Waals surface area contributed by atoms with E-state index in [9.17, 15) is 9.90 Å². The fraction of sp³-hybridized carbons (Fsp3) is 0.550. The summed E-state index contributed by atoms with van der Waals surface area (Å²) < 4.78 is 5.95. The second kappa shape index (κ2) is 7.48. The molecule has 0 bridgehead atoms. The van der Waals surface area contributed by atoms with Gasteiger partial charge in [-0.3, -0.25) is 0 Å². The summed E-state index contributed by atoms with van der Waals surface area (Å²) in [6.07, 6.45) is 3.87. The standard InChI is InChI=1S/C20H28N2O3/c1-13-17-6-4-5-7-18(17)25-19(13)14(2)21-20(24)22(3)16-10-8-15(12-23)9-11-16/h4-7,14-16,23H,8-12H2,1-3H3,(H,21,24). The van der Waals surface area contributed by atoms with Crippen LogP contribution in [-0.4, -0.2) is 35.7 Å². The molecule has 1 heterocycles. The smallest absolute Gasteiger partial charge is 0.317 e. The molecule has 1 atom stereocenters. The van der Waals surface area contributed by atoms with Gasteiger partial charge in [-0.1, -0.05) is 18.2 Å². The molecule has 5 heteroatoms. The third-order valence-electron chi connectivity index (χ3n) is 5.56. The highest BCUT2D eigenvalue weighted by atomic mass is 16.3. The average Bonchev–Trinajstić information content (AvgIpc) is 2.98. The Morgan fingerprint density at radius 1 is 1.32 bits per heavy atom. The first-order valence-corrected chi connectivity index (χ1v) is 9.13. The van der Waals surface area contributed by atoms with Gasteiger partial charge in [0.15, 0.2) is 0 Å². The summed E-state index contributed by atoms with van der Waals surface area (Å²) >= 11 is 0. The quantitative estimate of drug-likeness (QED) is 0.881. The summed E-state index contributed by atoms with van der Waals surface area (Å²) in [6, 6.07) is 7.93. The average molecular weight is 344 g/mol. The van der Waals surface area contributed by atoms with Crippen molar-refractivity contribution in [1.82, 2.24) is 10.2 Å². The zero-order valence-corrected chi connectivity index (χ0v) is 15.3. The molecule has 1 saturated carbocycles. The molecule has 0 spiro atoms. The van der Waals surface area contributed by atoms with E-state index in [4.69, 9.17) is 4.42 Å². The minimum absolute atomic E-state index is 0.0696. The van der Waals surface area contributed by atoms with Crippen LogP contribution in [0.5, 0.6) is 0 Å². The van der Waals surface area contributed by atoms with Crippen LogP contribution < -0.4 is 5.32 Å². The van der Waals surface area contributed by atoms with Crippen LogP contribution in [0.4, 0.5) is 4.79 Å². The lowest BCUT2D eigenvalue weighted by atomic mass is 9.86. The first kappa shape index (κ1) is 17.8. The predicted octanol–water partition coefficient (Wildman–Crippen LogP) is 3.99. The summed E-state index contributed by atoms with van der Waals surface area (Å²) in [5.74, 6) is 1.21. The lowest BCUT2D eigenvalue weighted by molar-refractivity contribution is 0.132. The minimum Gasteiger partial charge on any atom is -0.459 e. The predicted molar refractivity (Wildman–Crippen MR) is 98.5 cm³/mol. The van der Waals surface area contributed by atoms with Crippen LogP contribution in [0.3, 0.4) is 0 Å². The Labute approximate surface area is 149 Å². The van der Waals surface area contributed by atoms with Crippen molar-refractivity contribution in [3.8, 4) is 0 Å². The highest BCUT2D eigenvalue weighted by molar-refractivity contribution is 5.82. The Kier molecular flexibility index (Phi) is 5.33. The third kappa shape index (κ3) is 3.66. The molecule has 1 aliphatic carbocycles. The van der Waals surface area contributed by atoms with Crippen LogP contribution in [-0.2, 0) is 0 Å². The molecular weight excluding hydrogens is 316 g/mol. The molecule has 5 nitrogen and oxygen atoms in total. The van der Waals surface area contributed by atoms with E-state index in [1.54, 1.807) is 0 Å². The molecular formula is C20H28N2O3. The second-order valence-corrected chi connectivity index (χ2v) is 7.23. The topological polar surface area (TPSA) is 65.7 Å². The molecule has 1 aromatic heterocycles. The van der Waals surface area contributed by atoms with E-state index in [-0.39, 0.29) is 24.7 Å². The maximum atomic E-state index is 12.6. The molecule has 2 N–H and O–H groups in total. The maximum absolute atomic E-state index is 12.6. The van der Waals surface area contributed by atoms with Crippen LogP contribution >= 0.6 is 0 Å².